The van der Waals surface area contributed by atoms with Crippen LogP contribution in [0, 0.1) is 11.6 Å². The highest BCUT2D eigenvalue weighted by Crippen LogP contribution is 2.34. The minimum Gasteiger partial charge on any atom is -0.504 e. The molecule has 15 heavy (non-hydrogen) atoms. The lowest BCUT2D eigenvalue weighted by molar-refractivity contribution is 0.398. The number of phenols is 1. The number of benzene rings is 1. The molecular formula is C10H12BrF2NO. The summed E-state index contributed by atoms with van der Waals surface area (Å²) in [6.45, 7) is 2.16. The van der Waals surface area contributed by atoms with Crippen molar-refractivity contribution in [3.8, 4) is 5.75 Å². The predicted molar refractivity (Wildman–Crippen MR) is 57.8 cm³/mol. The first-order valence-electron chi connectivity index (χ1n) is 4.55. The largest absolute Gasteiger partial charge is 0.504 e. The van der Waals surface area contributed by atoms with Crippen molar-refractivity contribution in [1.82, 2.24) is 0 Å². The Morgan fingerprint density at radius 1 is 1.47 bits per heavy atom. The number of hydrogen-bond donors (Lipinski definition) is 2. The number of phenolic OH excluding ortho intramolecular Hbond substituents is 1. The summed E-state index contributed by atoms with van der Waals surface area (Å²) in [5, 5.41) is 9.14. The van der Waals surface area contributed by atoms with Crippen molar-refractivity contribution in [2.24, 2.45) is 5.73 Å². The van der Waals surface area contributed by atoms with Gasteiger partial charge in [0.15, 0.2) is 11.6 Å². The molecule has 0 spiro atoms. The van der Waals surface area contributed by atoms with Crippen LogP contribution >= 0.6 is 15.9 Å². The molecule has 0 bridgehead atoms. The molecule has 0 heterocycles. The van der Waals surface area contributed by atoms with Crippen LogP contribution in [-0.2, 0) is 0 Å². The van der Waals surface area contributed by atoms with E-state index in [1.807, 2.05) is 0 Å². The highest BCUT2D eigenvalue weighted by molar-refractivity contribution is 9.10. The molecule has 3 N–H and O–H groups in total. The van der Waals surface area contributed by atoms with Gasteiger partial charge in [-0.25, -0.2) is 4.39 Å². The van der Waals surface area contributed by atoms with E-state index >= 15 is 0 Å². The van der Waals surface area contributed by atoms with Crippen molar-refractivity contribution in [3.05, 3.63) is 27.7 Å². The quantitative estimate of drug-likeness (QED) is 0.836. The van der Waals surface area contributed by atoms with Gasteiger partial charge in [0.1, 0.15) is 0 Å². The van der Waals surface area contributed by atoms with Gasteiger partial charge in [-0.3, -0.25) is 0 Å². The lowest BCUT2D eigenvalue weighted by Crippen LogP contribution is -2.07. The van der Waals surface area contributed by atoms with Crippen molar-refractivity contribution in [2.45, 2.75) is 19.3 Å². The molecule has 1 unspecified atom stereocenters. The monoisotopic (exact) mass is 279 g/mol. The third-order valence-corrected chi connectivity index (χ3v) is 2.90. The predicted octanol–water partition coefficient (Wildman–Crippen LogP) is 2.89. The fourth-order valence-electron chi connectivity index (χ4n) is 1.37. The summed E-state index contributed by atoms with van der Waals surface area (Å²) in [5.41, 5.74) is 5.57. The van der Waals surface area contributed by atoms with E-state index in [4.69, 9.17) is 10.8 Å². The molecule has 0 aliphatic carbocycles. The second kappa shape index (κ2) is 4.90. The summed E-state index contributed by atoms with van der Waals surface area (Å²) in [5.74, 6) is -3.10. The van der Waals surface area contributed by atoms with Gasteiger partial charge >= 0.3 is 0 Å². The molecule has 84 valence electrons. The molecule has 2 nitrogen and oxygen atoms in total. The Bertz CT molecular complexity index is 371. The van der Waals surface area contributed by atoms with E-state index in [1.165, 1.54) is 6.07 Å². The van der Waals surface area contributed by atoms with Gasteiger partial charge < -0.3 is 10.8 Å². The standard InChI is InChI=1S/C10H12BrF2NO/c1-5(2-3-14)6-4-7(11)10(15)9(13)8(6)12/h4-5,15H,2-3,14H2,1H3. The van der Waals surface area contributed by atoms with Crippen LogP contribution in [-0.4, -0.2) is 11.7 Å². The van der Waals surface area contributed by atoms with E-state index in [0.717, 1.165) is 0 Å². The molecule has 0 aliphatic rings. The van der Waals surface area contributed by atoms with Crippen LogP contribution in [0.25, 0.3) is 0 Å². The molecule has 1 aromatic rings. The highest BCUT2D eigenvalue weighted by Gasteiger charge is 2.19. The summed E-state index contributed by atoms with van der Waals surface area (Å²) >= 11 is 2.96. The lowest BCUT2D eigenvalue weighted by Gasteiger charge is -2.13. The average molecular weight is 280 g/mol. The number of aromatic hydroxyl groups is 1. The maximum absolute atomic E-state index is 13.4. The molecule has 1 rings (SSSR count). The smallest absolute Gasteiger partial charge is 0.201 e. The van der Waals surface area contributed by atoms with Crippen LogP contribution in [0.1, 0.15) is 24.8 Å². The van der Waals surface area contributed by atoms with Gasteiger partial charge in [-0.15, -0.1) is 0 Å². The van der Waals surface area contributed by atoms with Gasteiger partial charge in [-0.1, -0.05) is 6.92 Å². The molecular weight excluding hydrogens is 268 g/mol. The topological polar surface area (TPSA) is 46.2 Å². The Morgan fingerprint density at radius 2 is 2.07 bits per heavy atom. The second-order valence-electron chi connectivity index (χ2n) is 3.40. The molecule has 0 fully saturated rings. The zero-order valence-electron chi connectivity index (χ0n) is 8.23. The van der Waals surface area contributed by atoms with Gasteiger partial charge in [0.25, 0.3) is 0 Å². The lowest BCUT2D eigenvalue weighted by atomic mass is 9.97. The molecule has 0 aromatic heterocycles. The Hall–Kier alpha value is -0.680. The third kappa shape index (κ3) is 2.46. The first-order chi connectivity index (χ1) is 6.99. The van der Waals surface area contributed by atoms with Crippen LogP contribution in [0.5, 0.6) is 5.75 Å². The van der Waals surface area contributed by atoms with E-state index in [2.05, 4.69) is 15.9 Å². The van der Waals surface area contributed by atoms with Gasteiger partial charge in [-0.05, 0) is 46.4 Å². The molecule has 0 saturated carbocycles. The minimum absolute atomic E-state index is 0.153. The van der Waals surface area contributed by atoms with E-state index in [1.54, 1.807) is 6.92 Å². The zero-order valence-corrected chi connectivity index (χ0v) is 9.81. The van der Waals surface area contributed by atoms with Crippen LogP contribution in [0.2, 0.25) is 0 Å². The summed E-state index contributed by atoms with van der Waals surface area (Å²) in [7, 11) is 0. The van der Waals surface area contributed by atoms with E-state index in [-0.39, 0.29) is 16.0 Å². The Labute approximate surface area is 95.2 Å². The first-order valence-corrected chi connectivity index (χ1v) is 5.34. The van der Waals surface area contributed by atoms with E-state index in [0.29, 0.717) is 13.0 Å². The van der Waals surface area contributed by atoms with Crippen molar-refractivity contribution >= 4 is 15.9 Å². The van der Waals surface area contributed by atoms with Crippen LogP contribution in [0.3, 0.4) is 0 Å². The number of rotatable bonds is 3. The van der Waals surface area contributed by atoms with Gasteiger partial charge in [0.05, 0.1) is 4.47 Å². The zero-order chi connectivity index (χ0) is 11.6. The van der Waals surface area contributed by atoms with Crippen molar-refractivity contribution in [1.29, 1.82) is 0 Å². The summed E-state index contributed by atoms with van der Waals surface area (Å²) in [4.78, 5) is 0. The van der Waals surface area contributed by atoms with Gasteiger partial charge in [0.2, 0.25) is 5.82 Å². The van der Waals surface area contributed by atoms with Crippen LogP contribution < -0.4 is 5.73 Å². The highest BCUT2D eigenvalue weighted by atomic mass is 79.9. The minimum atomic E-state index is -1.22. The maximum Gasteiger partial charge on any atom is 0.201 e. The maximum atomic E-state index is 13.4. The molecule has 5 heteroatoms. The Balaban J connectivity index is 3.19. The van der Waals surface area contributed by atoms with Crippen LogP contribution in [0.15, 0.2) is 10.5 Å². The van der Waals surface area contributed by atoms with Crippen molar-refractivity contribution in [2.75, 3.05) is 6.54 Å². The van der Waals surface area contributed by atoms with Crippen LogP contribution in [0.4, 0.5) is 8.78 Å². The Kier molecular flexibility index (Phi) is 4.04. The molecule has 0 amide bonds. The molecule has 0 saturated heterocycles. The summed E-state index contributed by atoms with van der Waals surface area (Å²) < 4.78 is 26.7. The van der Waals surface area contributed by atoms with Crippen molar-refractivity contribution in [3.63, 3.8) is 0 Å². The molecule has 0 radical (unpaired) electrons. The summed E-state index contributed by atoms with van der Waals surface area (Å²) in [6, 6.07) is 1.38. The molecule has 0 aliphatic heterocycles. The SMILES string of the molecule is CC(CCN)c1cc(Br)c(O)c(F)c1F. The van der Waals surface area contributed by atoms with Gasteiger partial charge in [-0.2, -0.15) is 4.39 Å². The van der Waals surface area contributed by atoms with E-state index < -0.39 is 17.4 Å². The fourth-order valence-corrected chi connectivity index (χ4v) is 1.79. The van der Waals surface area contributed by atoms with Crippen molar-refractivity contribution < 1.29 is 13.9 Å². The normalized spacial score (nSPS) is 12.9. The first kappa shape index (κ1) is 12.4. The number of hydrogen-bond acceptors (Lipinski definition) is 2. The number of nitrogens with two attached hydrogens (primary N) is 1. The Morgan fingerprint density at radius 3 is 2.60 bits per heavy atom. The number of halogens is 3. The molecule has 1 aromatic carbocycles. The third-order valence-electron chi connectivity index (χ3n) is 2.29. The fraction of sp³-hybridized carbons (Fsp3) is 0.400. The second-order valence-corrected chi connectivity index (χ2v) is 4.26. The van der Waals surface area contributed by atoms with E-state index in [9.17, 15) is 8.78 Å². The molecule has 1 atom stereocenters. The van der Waals surface area contributed by atoms with Gasteiger partial charge in [0, 0.05) is 0 Å². The summed E-state index contributed by atoms with van der Waals surface area (Å²) in [6.07, 6.45) is 0.563. The average Bonchev–Trinajstić information content (AvgIpc) is 2.20.